The zero-order valence-corrected chi connectivity index (χ0v) is 20.5. The lowest BCUT2D eigenvalue weighted by Crippen LogP contribution is -2.40. The van der Waals surface area contributed by atoms with E-state index in [1.807, 2.05) is 55.5 Å². The van der Waals surface area contributed by atoms with E-state index in [0.717, 1.165) is 48.4 Å². The Morgan fingerprint density at radius 1 is 1.11 bits per heavy atom. The second-order valence-electron chi connectivity index (χ2n) is 9.37. The average molecular weight is 487 g/mol. The molecule has 36 heavy (non-hydrogen) atoms. The second kappa shape index (κ2) is 10.0. The lowest BCUT2D eigenvalue weighted by Gasteiger charge is -2.35. The number of carbonyl (C=O) groups excluding carboxylic acids is 2. The van der Waals surface area contributed by atoms with Gasteiger partial charge in [0.25, 0.3) is 5.91 Å². The number of carbonyl (C=O) groups is 2. The highest BCUT2D eigenvalue weighted by Gasteiger charge is 2.45. The Kier molecular flexibility index (Phi) is 6.65. The number of furan rings is 1. The van der Waals surface area contributed by atoms with Crippen LogP contribution in [-0.2, 0) is 4.79 Å². The minimum atomic E-state index is -0.724. The minimum absolute atomic E-state index is 0.0513. The highest BCUT2D eigenvalue weighted by Crippen LogP contribution is 2.41. The first-order valence-electron chi connectivity index (χ1n) is 12.2. The summed E-state index contributed by atoms with van der Waals surface area (Å²) in [5.41, 5.74) is 2.88. The molecule has 1 aromatic heterocycles. The van der Waals surface area contributed by atoms with E-state index in [1.54, 1.807) is 24.1 Å². The van der Waals surface area contributed by atoms with Crippen molar-refractivity contribution in [2.24, 2.45) is 0 Å². The molecule has 1 amide bonds. The third kappa shape index (κ3) is 4.42. The molecule has 1 N–H and O–H groups in total. The highest BCUT2D eigenvalue weighted by atomic mass is 16.5. The normalized spacial score (nSPS) is 19.2. The van der Waals surface area contributed by atoms with Gasteiger partial charge in [0.2, 0.25) is 5.78 Å². The standard InChI is InChI=1S/C29H30N2O5/c1-19-7-5-8-21(17-19)26-25(27(32)24-9-6-16-36-24)28(33)29(34)31(26)18-23(30-14-3-4-15-30)20-10-12-22(35-2)13-11-20/h5-13,16-17,23,26,33H,3-4,14-15,18H2,1-2H3. The predicted molar refractivity (Wildman–Crippen MR) is 135 cm³/mol. The predicted octanol–water partition coefficient (Wildman–Crippen LogP) is 5.01. The molecule has 2 unspecified atom stereocenters. The maximum atomic E-state index is 13.5. The summed E-state index contributed by atoms with van der Waals surface area (Å²) >= 11 is 0. The van der Waals surface area contributed by atoms with Crippen LogP contribution in [0.1, 0.15) is 52.2 Å². The van der Waals surface area contributed by atoms with Gasteiger partial charge in [-0.25, -0.2) is 0 Å². The maximum Gasteiger partial charge on any atom is 0.290 e. The number of methoxy groups -OCH3 is 1. The van der Waals surface area contributed by atoms with Crippen molar-refractivity contribution in [3.8, 4) is 5.75 Å². The van der Waals surface area contributed by atoms with Crippen LogP contribution in [0.25, 0.3) is 0 Å². The topological polar surface area (TPSA) is 83.2 Å². The van der Waals surface area contributed by atoms with Crippen LogP contribution in [0.4, 0.5) is 0 Å². The molecular weight excluding hydrogens is 456 g/mol. The Balaban J connectivity index is 1.56. The minimum Gasteiger partial charge on any atom is -0.503 e. The quantitative estimate of drug-likeness (QED) is 0.451. The number of Topliss-reactive ketones (excluding diaryl/α,β-unsaturated/α-hetero) is 1. The Bertz CT molecular complexity index is 1270. The molecule has 7 nitrogen and oxygen atoms in total. The maximum absolute atomic E-state index is 13.5. The summed E-state index contributed by atoms with van der Waals surface area (Å²) in [6.07, 6.45) is 3.59. The number of ketones is 1. The number of likely N-dealkylation sites (tertiary alicyclic amines) is 1. The molecule has 2 aromatic carbocycles. The van der Waals surface area contributed by atoms with Gasteiger partial charge in [0.1, 0.15) is 5.75 Å². The second-order valence-corrected chi connectivity index (χ2v) is 9.37. The number of ether oxygens (including phenoxy) is 1. The first-order valence-corrected chi connectivity index (χ1v) is 12.2. The summed E-state index contributed by atoms with van der Waals surface area (Å²) in [6.45, 7) is 4.13. The Morgan fingerprint density at radius 3 is 2.50 bits per heavy atom. The molecule has 2 aliphatic heterocycles. The van der Waals surface area contributed by atoms with Crippen molar-refractivity contribution in [3.63, 3.8) is 0 Å². The number of hydrogen-bond acceptors (Lipinski definition) is 6. The van der Waals surface area contributed by atoms with Crippen LogP contribution in [0.15, 0.2) is 82.7 Å². The molecule has 1 saturated heterocycles. The largest absolute Gasteiger partial charge is 0.503 e. The van der Waals surface area contributed by atoms with Gasteiger partial charge in [-0.2, -0.15) is 0 Å². The summed E-state index contributed by atoms with van der Waals surface area (Å²) in [7, 11) is 1.63. The van der Waals surface area contributed by atoms with Crippen molar-refractivity contribution in [2.75, 3.05) is 26.7 Å². The third-order valence-electron chi connectivity index (χ3n) is 7.10. The van der Waals surface area contributed by atoms with E-state index >= 15 is 0 Å². The number of aliphatic hydroxyl groups is 1. The summed E-state index contributed by atoms with van der Waals surface area (Å²) in [6, 6.07) is 17.9. The molecule has 1 fully saturated rings. The first-order chi connectivity index (χ1) is 17.5. The van der Waals surface area contributed by atoms with Crippen molar-refractivity contribution in [1.29, 1.82) is 0 Å². The molecule has 2 aliphatic rings. The van der Waals surface area contributed by atoms with E-state index < -0.39 is 23.5 Å². The van der Waals surface area contributed by atoms with E-state index in [9.17, 15) is 14.7 Å². The molecule has 0 bridgehead atoms. The molecule has 186 valence electrons. The molecule has 5 rings (SSSR count). The van der Waals surface area contributed by atoms with Gasteiger partial charge in [-0.15, -0.1) is 0 Å². The number of nitrogens with zero attached hydrogens (tertiary/aromatic N) is 2. The SMILES string of the molecule is COc1ccc(C(CN2C(=O)C(O)=C(C(=O)c3ccco3)C2c2cccc(C)c2)N2CCCC2)cc1. The molecule has 3 heterocycles. The van der Waals surface area contributed by atoms with E-state index in [4.69, 9.17) is 9.15 Å². The lowest BCUT2D eigenvalue weighted by molar-refractivity contribution is -0.130. The Labute approximate surface area is 210 Å². The molecule has 7 heteroatoms. The molecule has 0 saturated carbocycles. The smallest absolute Gasteiger partial charge is 0.290 e. The fourth-order valence-corrected chi connectivity index (χ4v) is 5.30. The van der Waals surface area contributed by atoms with E-state index in [1.165, 1.54) is 6.26 Å². The average Bonchev–Trinajstić information content (AvgIpc) is 3.66. The van der Waals surface area contributed by atoms with Crippen molar-refractivity contribution in [2.45, 2.75) is 31.8 Å². The number of benzene rings is 2. The van der Waals surface area contributed by atoms with Crippen LogP contribution < -0.4 is 4.74 Å². The van der Waals surface area contributed by atoms with E-state index in [2.05, 4.69) is 4.90 Å². The van der Waals surface area contributed by atoms with E-state index in [0.29, 0.717) is 6.54 Å². The Hall–Kier alpha value is -3.84. The molecule has 0 aliphatic carbocycles. The highest BCUT2D eigenvalue weighted by molar-refractivity contribution is 6.15. The molecule has 2 atom stereocenters. The summed E-state index contributed by atoms with van der Waals surface area (Å²) in [5.74, 6) is -0.691. The fraction of sp³-hybridized carbons (Fsp3) is 0.310. The van der Waals surface area contributed by atoms with Crippen molar-refractivity contribution in [1.82, 2.24) is 9.80 Å². The Morgan fingerprint density at radius 2 is 1.86 bits per heavy atom. The van der Waals surface area contributed by atoms with E-state index in [-0.39, 0.29) is 17.4 Å². The molecule has 0 radical (unpaired) electrons. The third-order valence-corrected chi connectivity index (χ3v) is 7.10. The lowest BCUT2D eigenvalue weighted by atomic mass is 9.93. The zero-order chi connectivity index (χ0) is 25.2. The van der Waals surface area contributed by atoms with Crippen LogP contribution in [-0.4, -0.2) is 53.3 Å². The van der Waals surface area contributed by atoms with Gasteiger partial charge >= 0.3 is 0 Å². The van der Waals surface area contributed by atoms with Crippen molar-refractivity contribution in [3.05, 3.63) is 101 Å². The van der Waals surface area contributed by atoms with Gasteiger partial charge < -0.3 is 19.2 Å². The van der Waals surface area contributed by atoms with Crippen LogP contribution in [0.5, 0.6) is 5.75 Å². The monoisotopic (exact) mass is 486 g/mol. The first kappa shape index (κ1) is 23.9. The number of hydrogen-bond donors (Lipinski definition) is 1. The molecular formula is C29H30N2O5. The van der Waals surface area contributed by atoms with Gasteiger partial charge in [-0.1, -0.05) is 42.0 Å². The van der Waals surface area contributed by atoms with Crippen LogP contribution in [0.3, 0.4) is 0 Å². The number of rotatable bonds is 8. The molecule has 3 aromatic rings. The number of amides is 1. The van der Waals surface area contributed by atoms with Gasteiger partial charge in [0, 0.05) is 6.54 Å². The number of aryl methyl sites for hydroxylation is 1. The zero-order valence-electron chi connectivity index (χ0n) is 20.5. The van der Waals surface area contributed by atoms with Gasteiger partial charge in [0.05, 0.1) is 31.0 Å². The fourth-order valence-electron chi connectivity index (χ4n) is 5.30. The summed E-state index contributed by atoms with van der Waals surface area (Å²) in [4.78, 5) is 31.0. The number of aliphatic hydroxyl groups excluding tert-OH is 1. The molecule has 0 spiro atoms. The van der Waals surface area contributed by atoms with Gasteiger partial charge in [0.15, 0.2) is 11.5 Å². The van der Waals surface area contributed by atoms with Crippen molar-refractivity contribution >= 4 is 11.7 Å². The van der Waals surface area contributed by atoms with Crippen molar-refractivity contribution < 1.29 is 23.8 Å². The van der Waals surface area contributed by atoms with Gasteiger partial charge in [-0.3, -0.25) is 14.5 Å². The summed E-state index contributed by atoms with van der Waals surface area (Å²) in [5, 5.41) is 11.0. The summed E-state index contributed by atoms with van der Waals surface area (Å²) < 4.78 is 10.7. The van der Waals surface area contributed by atoms with Crippen LogP contribution in [0.2, 0.25) is 0 Å². The van der Waals surface area contributed by atoms with Crippen LogP contribution >= 0.6 is 0 Å². The van der Waals surface area contributed by atoms with Crippen LogP contribution in [0, 0.1) is 6.92 Å². The van der Waals surface area contributed by atoms with Gasteiger partial charge in [-0.05, 0) is 68.2 Å².